The Morgan fingerprint density at radius 3 is 2.53 bits per heavy atom. The van der Waals surface area contributed by atoms with Crippen LogP contribution < -0.4 is 9.47 Å². The second-order valence-electron chi connectivity index (χ2n) is 3.94. The summed E-state index contributed by atoms with van der Waals surface area (Å²) in [5.41, 5.74) is 0.825. The van der Waals surface area contributed by atoms with Crippen molar-refractivity contribution in [2.24, 2.45) is 0 Å². The van der Waals surface area contributed by atoms with Gasteiger partial charge in [-0.2, -0.15) is 0 Å². The standard InChI is InChI=1S/C14H13ClO4/c1-8-6-9(7-19-8)13(16)10-4-5-11(17-2)12(15)14(10)18-3/h4-7H,1-3H3. The van der Waals surface area contributed by atoms with Crippen LogP contribution in [-0.2, 0) is 0 Å². The molecule has 0 aliphatic heterocycles. The molecule has 0 saturated carbocycles. The SMILES string of the molecule is COc1ccc(C(=O)c2coc(C)c2)c(OC)c1Cl. The topological polar surface area (TPSA) is 48.7 Å². The molecule has 0 saturated heterocycles. The first-order valence-corrected chi connectivity index (χ1v) is 5.96. The van der Waals surface area contributed by atoms with Crippen LogP contribution >= 0.6 is 11.6 Å². The molecule has 1 aromatic heterocycles. The third-order valence-electron chi connectivity index (χ3n) is 2.72. The molecule has 0 amide bonds. The van der Waals surface area contributed by atoms with E-state index < -0.39 is 0 Å². The third-order valence-corrected chi connectivity index (χ3v) is 3.08. The van der Waals surface area contributed by atoms with E-state index in [1.165, 1.54) is 20.5 Å². The number of carbonyl (C=O) groups is 1. The monoisotopic (exact) mass is 280 g/mol. The van der Waals surface area contributed by atoms with Crippen molar-refractivity contribution in [2.75, 3.05) is 14.2 Å². The lowest BCUT2D eigenvalue weighted by Crippen LogP contribution is -2.04. The zero-order valence-electron chi connectivity index (χ0n) is 10.8. The lowest BCUT2D eigenvalue weighted by molar-refractivity contribution is 0.103. The maximum absolute atomic E-state index is 12.4. The van der Waals surface area contributed by atoms with Crippen LogP contribution in [0.1, 0.15) is 21.7 Å². The highest BCUT2D eigenvalue weighted by atomic mass is 35.5. The van der Waals surface area contributed by atoms with Gasteiger partial charge in [-0.1, -0.05) is 11.6 Å². The summed E-state index contributed by atoms with van der Waals surface area (Å²) in [5.74, 6) is 1.21. The van der Waals surface area contributed by atoms with Crippen molar-refractivity contribution in [3.8, 4) is 11.5 Å². The van der Waals surface area contributed by atoms with Crippen LogP contribution in [-0.4, -0.2) is 20.0 Å². The zero-order chi connectivity index (χ0) is 14.0. The Morgan fingerprint density at radius 1 is 1.26 bits per heavy atom. The van der Waals surface area contributed by atoms with Crippen LogP contribution in [0.3, 0.4) is 0 Å². The highest BCUT2D eigenvalue weighted by molar-refractivity contribution is 6.34. The number of ether oxygens (including phenoxy) is 2. The molecule has 5 heteroatoms. The van der Waals surface area contributed by atoms with E-state index in [9.17, 15) is 4.79 Å². The maximum Gasteiger partial charge on any atom is 0.200 e. The quantitative estimate of drug-likeness (QED) is 0.805. The van der Waals surface area contributed by atoms with Crippen molar-refractivity contribution in [3.05, 3.63) is 46.4 Å². The largest absolute Gasteiger partial charge is 0.495 e. The first-order valence-electron chi connectivity index (χ1n) is 5.58. The van der Waals surface area contributed by atoms with E-state index in [0.29, 0.717) is 28.4 Å². The van der Waals surface area contributed by atoms with Crippen LogP contribution in [0, 0.1) is 6.92 Å². The van der Waals surface area contributed by atoms with Crippen LogP contribution in [0.2, 0.25) is 5.02 Å². The minimum atomic E-state index is -0.210. The van der Waals surface area contributed by atoms with Gasteiger partial charge in [0.2, 0.25) is 0 Å². The second kappa shape index (κ2) is 5.36. The molecule has 0 bridgehead atoms. The summed E-state index contributed by atoms with van der Waals surface area (Å²) in [5, 5.41) is 0.274. The van der Waals surface area contributed by atoms with Gasteiger partial charge in [-0.05, 0) is 25.1 Å². The number of benzene rings is 1. The summed E-state index contributed by atoms with van der Waals surface area (Å²) in [4.78, 5) is 12.4. The molecule has 4 nitrogen and oxygen atoms in total. The molecule has 0 fully saturated rings. The summed E-state index contributed by atoms with van der Waals surface area (Å²) in [7, 11) is 2.96. The number of hydrogen-bond acceptors (Lipinski definition) is 4. The second-order valence-corrected chi connectivity index (χ2v) is 4.32. The zero-order valence-corrected chi connectivity index (χ0v) is 11.6. The van der Waals surface area contributed by atoms with Crippen LogP contribution in [0.25, 0.3) is 0 Å². The molecule has 1 heterocycles. The number of halogens is 1. The number of furan rings is 1. The van der Waals surface area contributed by atoms with Gasteiger partial charge in [-0.15, -0.1) is 0 Å². The predicted molar refractivity (Wildman–Crippen MR) is 71.4 cm³/mol. The summed E-state index contributed by atoms with van der Waals surface area (Å²) >= 11 is 6.13. The smallest absolute Gasteiger partial charge is 0.200 e. The van der Waals surface area contributed by atoms with Gasteiger partial charge >= 0.3 is 0 Å². The number of hydrogen-bond donors (Lipinski definition) is 0. The molecule has 19 heavy (non-hydrogen) atoms. The van der Waals surface area contributed by atoms with Gasteiger partial charge in [-0.25, -0.2) is 0 Å². The van der Waals surface area contributed by atoms with Crippen molar-refractivity contribution in [1.82, 2.24) is 0 Å². The summed E-state index contributed by atoms with van der Waals surface area (Å²) in [6, 6.07) is 4.92. The van der Waals surface area contributed by atoms with E-state index in [-0.39, 0.29) is 10.8 Å². The molecule has 2 aromatic rings. The van der Waals surface area contributed by atoms with E-state index in [4.69, 9.17) is 25.5 Å². The molecule has 100 valence electrons. The lowest BCUT2D eigenvalue weighted by atomic mass is 10.0. The fourth-order valence-electron chi connectivity index (χ4n) is 1.79. The Hall–Kier alpha value is -1.94. The van der Waals surface area contributed by atoms with Gasteiger partial charge in [0.15, 0.2) is 11.5 Å². The molecule has 0 N–H and O–H groups in total. The summed E-state index contributed by atoms with van der Waals surface area (Å²) in [6.07, 6.45) is 1.41. The molecule has 0 aliphatic carbocycles. The molecular formula is C14H13ClO4. The number of ketones is 1. The van der Waals surface area contributed by atoms with Crippen molar-refractivity contribution in [2.45, 2.75) is 6.92 Å². The molecule has 0 aliphatic rings. The van der Waals surface area contributed by atoms with Gasteiger partial charge in [0.05, 0.1) is 25.3 Å². The minimum absolute atomic E-state index is 0.210. The number of aryl methyl sites for hydroxylation is 1. The Balaban J connectivity index is 2.50. The number of rotatable bonds is 4. The van der Waals surface area contributed by atoms with Gasteiger partial charge in [0, 0.05) is 0 Å². The van der Waals surface area contributed by atoms with Crippen molar-refractivity contribution < 1.29 is 18.7 Å². The average Bonchev–Trinajstić information content (AvgIpc) is 2.84. The van der Waals surface area contributed by atoms with Crippen LogP contribution in [0.5, 0.6) is 11.5 Å². The molecule has 0 unspecified atom stereocenters. The van der Waals surface area contributed by atoms with Crippen molar-refractivity contribution >= 4 is 17.4 Å². The van der Waals surface area contributed by atoms with Crippen molar-refractivity contribution in [3.63, 3.8) is 0 Å². The van der Waals surface area contributed by atoms with E-state index >= 15 is 0 Å². The van der Waals surface area contributed by atoms with Gasteiger partial charge in [0.1, 0.15) is 22.8 Å². The summed E-state index contributed by atoms with van der Waals surface area (Å²) < 4.78 is 15.4. The number of carbonyl (C=O) groups excluding carboxylic acids is 1. The molecule has 1 aromatic carbocycles. The van der Waals surface area contributed by atoms with Crippen LogP contribution in [0.4, 0.5) is 0 Å². The molecule has 0 radical (unpaired) electrons. The third kappa shape index (κ3) is 2.44. The Morgan fingerprint density at radius 2 is 2.00 bits per heavy atom. The fraction of sp³-hybridized carbons (Fsp3) is 0.214. The molecule has 0 spiro atoms. The average molecular weight is 281 g/mol. The van der Waals surface area contributed by atoms with E-state index in [0.717, 1.165) is 0 Å². The molecule has 0 atom stereocenters. The first kappa shape index (κ1) is 13.5. The van der Waals surface area contributed by atoms with Gasteiger partial charge < -0.3 is 13.9 Å². The Labute approximate surface area is 115 Å². The van der Waals surface area contributed by atoms with Crippen LogP contribution in [0.15, 0.2) is 28.9 Å². The predicted octanol–water partition coefficient (Wildman–Crippen LogP) is 3.49. The normalized spacial score (nSPS) is 10.3. The van der Waals surface area contributed by atoms with Crippen molar-refractivity contribution in [1.29, 1.82) is 0 Å². The van der Waals surface area contributed by atoms with Gasteiger partial charge in [-0.3, -0.25) is 4.79 Å². The highest BCUT2D eigenvalue weighted by Crippen LogP contribution is 2.37. The first-order chi connectivity index (χ1) is 9.08. The van der Waals surface area contributed by atoms with E-state index in [1.54, 1.807) is 25.1 Å². The lowest BCUT2D eigenvalue weighted by Gasteiger charge is -2.11. The minimum Gasteiger partial charge on any atom is -0.495 e. The Bertz CT molecular complexity index is 616. The fourth-order valence-corrected chi connectivity index (χ4v) is 2.11. The van der Waals surface area contributed by atoms with Gasteiger partial charge in [0.25, 0.3) is 0 Å². The van der Waals surface area contributed by atoms with E-state index in [1.807, 2.05) is 0 Å². The number of methoxy groups -OCH3 is 2. The maximum atomic E-state index is 12.4. The van der Waals surface area contributed by atoms with E-state index in [2.05, 4.69) is 0 Å². The molecule has 2 rings (SSSR count). The highest BCUT2D eigenvalue weighted by Gasteiger charge is 2.20. The molecular weight excluding hydrogens is 268 g/mol. The summed E-state index contributed by atoms with van der Waals surface area (Å²) in [6.45, 7) is 1.77. The Kier molecular flexibility index (Phi) is 3.81.